The number of aliphatic hydroxyl groups is 1. The van der Waals surface area contributed by atoms with E-state index in [1.807, 2.05) is 12.1 Å². The van der Waals surface area contributed by atoms with Crippen molar-refractivity contribution in [2.75, 3.05) is 13.1 Å². The molecule has 1 heterocycles. The molecular formula is C17H25NO3. The van der Waals surface area contributed by atoms with Gasteiger partial charge in [-0.3, -0.25) is 9.69 Å². The van der Waals surface area contributed by atoms with E-state index in [0.29, 0.717) is 5.92 Å². The molecule has 1 fully saturated rings. The average Bonchev–Trinajstić information content (AvgIpc) is 2.47. The predicted octanol–water partition coefficient (Wildman–Crippen LogP) is 2.50. The van der Waals surface area contributed by atoms with Crippen molar-refractivity contribution < 1.29 is 15.0 Å². The second kappa shape index (κ2) is 7.57. The van der Waals surface area contributed by atoms with Crippen LogP contribution in [0.5, 0.6) is 0 Å². The fraction of sp³-hybridized carbons (Fsp3) is 0.588. The average molecular weight is 291 g/mol. The number of likely N-dealkylation sites (tertiary alicyclic amines) is 1. The zero-order valence-electron chi connectivity index (χ0n) is 12.7. The summed E-state index contributed by atoms with van der Waals surface area (Å²) in [6.07, 6.45) is 2.54. The van der Waals surface area contributed by atoms with Crippen molar-refractivity contribution >= 4 is 5.97 Å². The molecule has 2 atom stereocenters. The molecule has 21 heavy (non-hydrogen) atoms. The molecule has 2 unspecified atom stereocenters. The van der Waals surface area contributed by atoms with Crippen molar-refractivity contribution in [1.82, 2.24) is 4.90 Å². The summed E-state index contributed by atoms with van der Waals surface area (Å²) in [4.78, 5) is 13.3. The maximum atomic E-state index is 10.9. The molecule has 2 N–H and O–H groups in total. The highest BCUT2D eigenvalue weighted by Crippen LogP contribution is 2.27. The third-order valence-corrected chi connectivity index (χ3v) is 4.46. The van der Waals surface area contributed by atoms with Crippen LogP contribution in [-0.2, 0) is 17.9 Å². The van der Waals surface area contributed by atoms with Crippen LogP contribution in [0.4, 0.5) is 0 Å². The van der Waals surface area contributed by atoms with Gasteiger partial charge in [0.2, 0.25) is 0 Å². The van der Waals surface area contributed by atoms with Crippen LogP contribution in [0.1, 0.15) is 37.3 Å². The van der Waals surface area contributed by atoms with Crippen LogP contribution in [0.25, 0.3) is 0 Å². The van der Waals surface area contributed by atoms with E-state index in [4.69, 9.17) is 10.2 Å². The molecule has 1 aliphatic rings. The summed E-state index contributed by atoms with van der Waals surface area (Å²) >= 11 is 0. The Bertz CT molecular complexity index is 458. The van der Waals surface area contributed by atoms with Gasteiger partial charge in [-0.2, -0.15) is 0 Å². The van der Waals surface area contributed by atoms with E-state index in [2.05, 4.69) is 24.0 Å². The zero-order valence-corrected chi connectivity index (χ0v) is 12.7. The Hall–Kier alpha value is -1.39. The lowest BCUT2D eigenvalue weighted by molar-refractivity contribution is -0.138. The Labute approximate surface area is 126 Å². The molecule has 2 rings (SSSR count). The van der Waals surface area contributed by atoms with Crippen molar-refractivity contribution in [2.45, 2.75) is 39.3 Å². The molecule has 0 aromatic heterocycles. The van der Waals surface area contributed by atoms with E-state index >= 15 is 0 Å². The molecule has 4 heteroatoms. The summed E-state index contributed by atoms with van der Waals surface area (Å²) in [6.45, 7) is 5.10. The minimum Gasteiger partial charge on any atom is -0.481 e. The first-order valence-electron chi connectivity index (χ1n) is 7.71. The first kappa shape index (κ1) is 16.0. The Kier molecular flexibility index (Phi) is 5.76. The summed E-state index contributed by atoms with van der Waals surface area (Å²) in [7, 11) is 0. The van der Waals surface area contributed by atoms with Gasteiger partial charge in [0.05, 0.1) is 6.61 Å². The second-order valence-electron chi connectivity index (χ2n) is 6.19. The van der Waals surface area contributed by atoms with Crippen LogP contribution in [0.15, 0.2) is 24.3 Å². The van der Waals surface area contributed by atoms with E-state index in [1.54, 1.807) is 0 Å². The van der Waals surface area contributed by atoms with Crippen LogP contribution < -0.4 is 0 Å². The maximum Gasteiger partial charge on any atom is 0.303 e. The third-order valence-electron chi connectivity index (χ3n) is 4.46. The van der Waals surface area contributed by atoms with Gasteiger partial charge < -0.3 is 10.2 Å². The van der Waals surface area contributed by atoms with Crippen molar-refractivity contribution in [3.63, 3.8) is 0 Å². The molecule has 1 aromatic rings. The van der Waals surface area contributed by atoms with Gasteiger partial charge >= 0.3 is 5.97 Å². The molecule has 1 aromatic carbocycles. The van der Waals surface area contributed by atoms with Crippen LogP contribution in [-0.4, -0.2) is 34.2 Å². The van der Waals surface area contributed by atoms with Crippen LogP contribution in [0, 0.1) is 11.8 Å². The van der Waals surface area contributed by atoms with Gasteiger partial charge in [-0.1, -0.05) is 31.2 Å². The quantitative estimate of drug-likeness (QED) is 0.845. The van der Waals surface area contributed by atoms with Crippen molar-refractivity contribution in [3.05, 3.63) is 35.4 Å². The SMILES string of the molecule is CC(CC(=O)O)C1CCCN(Cc2ccc(CO)cc2)C1. The Balaban J connectivity index is 1.89. The van der Waals surface area contributed by atoms with Crippen LogP contribution in [0.2, 0.25) is 0 Å². The molecule has 0 amide bonds. The number of aliphatic hydroxyl groups excluding tert-OH is 1. The summed E-state index contributed by atoms with van der Waals surface area (Å²) in [5.41, 5.74) is 2.18. The monoisotopic (exact) mass is 291 g/mol. The highest BCUT2D eigenvalue weighted by atomic mass is 16.4. The number of carboxylic acids is 1. The summed E-state index contributed by atoms with van der Waals surface area (Å²) in [5, 5.41) is 18.0. The number of aliphatic carboxylic acids is 1. The maximum absolute atomic E-state index is 10.9. The van der Waals surface area contributed by atoms with Gasteiger partial charge in [-0.05, 0) is 42.3 Å². The predicted molar refractivity (Wildman–Crippen MR) is 81.8 cm³/mol. The number of benzene rings is 1. The standard InChI is InChI=1S/C17H25NO3/c1-13(9-17(20)21)16-3-2-8-18(11-16)10-14-4-6-15(12-19)7-5-14/h4-7,13,16,19H,2-3,8-12H2,1H3,(H,20,21). The molecule has 0 spiro atoms. The van der Waals surface area contributed by atoms with Gasteiger partial charge in [0.1, 0.15) is 0 Å². The molecular weight excluding hydrogens is 266 g/mol. The van der Waals surface area contributed by atoms with Gasteiger partial charge in [0.25, 0.3) is 0 Å². The molecule has 0 radical (unpaired) electrons. The highest BCUT2D eigenvalue weighted by Gasteiger charge is 2.25. The number of piperidine rings is 1. The summed E-state index contributed by atoms with van der Waals surface area (Å²) < 4.78 is 0. The van der Waals surface area contributed by atoms with Gasteiger partial charge in [-0.15, -0.1) is 0 Å². The Morgan fingerprint density at radius 1 is 1.33 bits per heavy atom. The van der Waals surface area contributed by atoms with Crippen LogP contribution in [0.3, 0.4) is 0 Å². The second-order valence-corrected chi connectivity index (χ2v) is 6.19. The lowest BCUT2D eigenvalue weighted by Crippen LogP contribution is -2.37. The van der Waals surface area contributed by atoms with Gasteiger partial charge in [0.15, 0.2) is 0 Å². The Morgan fingerprint density at radius 2 is 2.00 bits per heavy atom. The Morgan fingerprint density at radius 3 is 2.62 bits per heavy atom. The molecule has 0 aliphatic carbocycles. The fourth-order valence-corrected chi connectivity index (χ4v) is 3.15. The smallest absolute Gasteiger partial charge is 0.303 e. The van der Waals surface area contributed by atoms with E-state index in [0.717, 1.165) is 38.0 Å². The number of rotatable bonds is 6. The first-order valence-corrected chi connectivity index (χ1v) is 7.71. The topological polar surface area (TPSA) is 60.8 Å². The molecule has 0 bridgehead atoms. The molecule has 116 valence electrons. The third kappa shape index (κ3) is 4.83. The lowest BCUT2D eigenvalue weighted by atomic mass is 9.84. The van der Waals surface area contributed by atoms with Gasteiger partial charge in [-0.25, -0.2) is 0 Å². The summed E-state index contributed by atoms with van der Waals surface area (Å²) in [5.74, 6) is 0.0212. The van der Waals surface area contributed by atoms with E-state index in [1.165, 1.54) is 5.56 Å². The number of carboxylic acid groups (broad SMARTS) is 1. The van der Waals surface area contributed by atoms with Crippen molar-refractivity contribution in [3.8, 4) is 0 Å². The normalized spacial score (nSPS) is 21.1. The van der Waals surface area contributed by atoms with Crippen LogP contribution >= 0.6 is 0 Å². The number of nitrogens with zero attached hydrogens (tertiary/aromatic N) is 1. The van der Waals surface area contributed by atoms with Crippen molar-refractivity contribution in [2.24, 2.45) is 11.8 Å². The zero-order chi connectivity index (χ0) is 15.2. The van der Waals surface area contributed by atoms with Crippen molar-refractivity contribution in [1.29, 1.82) is 0 Å². The first-order chi connectivity index (χ1) is 10.1. The van der Waals surface area contributed by atoms with Gasteiger partial charge in [0, 0.05) is 19.5 Å². The number of hydrogen-bond acceptors (Lipinski definition) is 3. The van der Waals surface area contributed by atoms with E-state index in [-0.39, 0.29) is 18.9 Å². The fourth-order valence-electron chi connectivity index (χ4n) is 3.15. The minimum absolute atomic E-state index is 0.0821. The molecule has 1 aliphatic heterocycles. The molecule has 4 nitrogen and oxygen atoms in total. The largest absolute Gasteiger partial charge is 0.481 e. The van der Waals surface area contributed by atoms with E-state index in [9.17, 15) is 4.79 Å². The molecule has 1 saturated heterocycles. The molecule has 0 saturated carbocycles. The van der Waals surface area contributed by atoms with E-state index < -0.39 is 5.97 Å². The lowest BCUT2D eigenvalue weighted by Gasteiger charge is -2.35. The number of hydrogen-bond donors (Lipinski definition) is 2. The highest BCUT2D eigenvalue weighted by molar-refractivity contribution is 5.67. The summed E-state index contributed by atoms with van der Waals surface area (Å²) in [6, 6.07) is 8.05. The number of carbonyl (C=O) groups is 1. The minimum atomic E-state index is -0.695.